The molecule has 1 aromatic heterocycles. The van der Waals surface area contributed by atoms with E-state index in [1.165, 1.54) is 16.7 Å². The molecule has 2 aromatic carbocycles. The zero-order chi connectivity index (χ0) is 36.4. The average Bonchev–Trinajstić information content (AvgIpc) is 3.11. The molecule has 0 saturated carbocycles. The molecule has 1 atom stereocenters. The number of carbonyl (C=O) groups excluding carboxylic acids is 3. The second-order valence-corrected chi connectivity index (χ2v) is 14.3. The molecule has 10 nitrogen and oxygen atoms in total. The summed E-state index contributed by atoms with van der Waals surface area (Å²) in [6, 6.07) is 7.61. The van der Waals surface area contributed by atoms with Crippen LogP contribution < -0.4 is 25.8 Å². The van der Waals surface area contributed by atoms with Gasteiger partial charge in [0.2, 0.25) is 11.8 Å². The van der Waals surface area contributed by atoms with Crippen molar-refractivity contribution < 1.29 is 27.9 Å². The molecule has 3 aliphatic heterocycles. The number of halogens is 2. The fraction of sp³-hybridized carbons (Fsp3) is 0.487. The number of ether oxygens (including phenoxy) is 1. The van der Waals surface area contributed by atoms with Gasteiger partial charge in [0, 0.05) is 61.1 Å². The molecule has 2 amide bonds. The normalized spacial score (nSPS) is 19.3. The van der Waals surface area contributed by atoms with Crippen LogP contribution in [0.4, 0.5) is 20.2 Å². The number of amides is 2. The van der Waals surface area contributed by atoms with Crippen LogP contribution in [-0.2, 0) is 27.9 Å². The third-order valence-corrected chi connectivity index (χ3v) is 11.0. The Morgan fingerprint density at radius 1 is 0.941 bits per heavy atom. The van der Waals surface area contributed by atoms with Crippen LogP contribution in [0.5, 0.6) is 5.75 Å². The summed E-state index contributed by atoms with van der Waals surface area (Å²) in [6.07, 6.45) is 5.89. The zero-order valence-corrected chi connectivity index (χ0v) is 29.8. The number of piperidine rings is 3. The first-order valence-corrected chi connectivity index (χ1v) is 17.8. The van der Waals surface area contributed by atoms with E-state index in [0.29, 0.717) is 79.1 Å². The predicted octanol–water partition coefficient (Wildman–Crippen LogP) is 4.91. The Kier molecular flexibility index (Phi) is 10.9. The van der Waals surface area contributed by atoms with Crippen LogP contribution in [0.2, 0.25) is 0 Å². The number of aromatic nitrogens is 1. The molecule has 0 radical (unpaired) electrons. The largest absolute Gasteiger partial charge is 0.496 e. The van der Waals surface area contributed by atoms with E-state index < -0.39 is 17.8 Å². The minimum absolute atomic E-state index is 0.0716. The molecule has 3 aromatic rings. The highest BCUT2D eigenvalue weighted by Crippen LogP contribution is 2.35. The summed E-state index contributed by atoms with van der Waals surface area (Å²) in [5, 5.41) is 5.31. The third-order valence-electron chi connectivity index (χ3n) is 11.0. The van der Waals surface area contributed by atoms with E-state index in [4.69, 9.17) is 4.74 Å². The molecule has 3 saturated heterocycles. The number of Topliss-reactive ketones (excluding diaryl/α,β-unsaturated/α-hetero) is 1. The molecule has 3 aliphatic rings. The number of hydrogen-bond acceptors (Lipinski definition) is 8. The Morgan fingerprint density at radius 2 is 1.67 bits per heavy atom. The maximum Gasteiger partial charge on any atom is 0.253 e. The first kappa shape index (κ1) is 36.2. The first-order valence-electron chi connectivity index (χ1n) is 17.8. The van der Waals surface area contributed by atoms with Gasteiger partial charge in [-0.05, 0) is 113 Å². The van der Waals surface area contributed by atoms with Crippen molar-refractivity contribution in [1.29, 1.82) is 0 Å². The summed E-state index contributed by atoms with van der Waals surface area (Å²) < 4.78 is 38.0. The third kappa shape index (κ3) is 8.01. The molecule has 272 valence electrons. The summed E-state index contributed by atoms with van der Waals surface area (Å²) in [5.41, 5.74) is 4.35. The Balaban J connectivity index is 0.981. The van der Waals surface area contributed by atoms with Crippen molar-refractivity contribution in [2.75, 3.05) is 50.1 Å². The Labute approximate surface area is 297 Å². The van der Waals surface area contributed by atoms with Gasteiger partial charge in [0.25, 0.3) is 5.56 Å². The van der Waals surface area contributed by atoms with E-state index in [1.54, 1.807) is 39.4 Å². The van der Waals surface area contributed by atoms with Gasteiger partial charge in [-0.15, -0.1) is 0 Å². The summed E-state index contributed by atoms with van der Waals surface area (Å²) in [6.45, 7) is 6.71. The SMILES string of the molecule is COc1cc(-c2cn(C)c(=O)c(C)c2C)cc(F)c1CC1CCN(CC(=O)C2CCN(c3ccc(NC4CCC(=O)NC4=O)cc3F)CC2)CC1. The number of methoxy groups -OCH3 is 1. The second-order valence-electron chi connectivity index (χ2n) is 14.3. The van der Waals surface area contributed by atoms with Crippen molar-refractivity contribution in [2.45, 2.75) is 64.8 Å². The maximum atomic E-state index is 15.6. The lowest BCUT2D eigenvalue weighted by Gasteiger charge is -2.35. The number of ketones is 1. The van der Waals surface area contributed by atoms with Crippen molar-refractivity contribution in [3.8, 4) is 16.9 Å². The lowest BCUT2D eigenvalue weighted by molar-refractivity contribution is -0.133. The van der Waals surface area contributed by atoms with Gasteiger partial charge in [-0.1, -0.05) is 0 Å². The topological polar surface area (TPSA) is 113 Å². The summed E-state index contributed by atoms with van der Waals surface area (Å²) in [5.74, 6) is -0.533. The molecule has 12 heteroatoms. The van der Waals surface area contributed by atoms with Gasteiger partial charge >= 0.3 is 0 Å². The average molecular weight is 704 g/mol. The molecule has 3 fully saturated rings. The first-order chi connectivity index (χ1) is 24.4. The van der Waals surface area contributed by atoms with Gasteiger partial charge in [-0.2, -0.15) is 0 Å². The highest BCUT2D eigenvalue weighted by atomic mass is 19.1. The van der Waals surface area contributed by atoms with Gasteiger partial charge in [0.05, 0.1) is 19.3 Å². The number of pyridine rings is 1. The number of likely N-dealkylation sites (tertiary alicyclic amines) is 1. The van der Waals surface area contributed by atoms with Crippen LogP contribution in [0.1, 0.15) is 55.2 Å². The van der Waals surface area contributed by atoms with E-state index in [-0.39, 0.29) is 41.3 Å². The molecular weight excluding hydrogens is 656 g/mol. The Bertz CT molecular complexity index is 1880. The van der Waals surface area contributed by atoms with E-state index in [2.05, 4.69) is 15.5 Å². The molecule has 4 heterocycles. The quantitative estimate of drug-likeness (QED) is 0.287. The highest BCUT2D eigenvalue weighted by molar-refractivity contribution is 6.01. The smallest absolute Gasteiger partial charge is 0.253 e. The van der Waals surface area contributed by atoms with E-state index in [9.17, 15) is 19.2 Å². The zero-order valence-electron chi connectivity index (χ0n) is 29.8. The minimum Gasteiger partial charge on any atom is -0.496 e. The van der Waals surface area contributed by atoms with Gasteiger partial charge in [0.1, 0.15) is 29.2 Å². The standard InChI is InChI=1S/C39H47F2N5O5/c1-23-24(2)39(50)44(3)21-30(23)27-18-31(40)29(36(19-27)51-4)17-25-9-13-45(14-10-25)22-35(47)26-11-15-46(16-12-26)34-7-5-28(20-32(34)41)42-33-6-8-37(48)43-38(33)49/h5,7,18-21,25-26,33,42H,6,8-17,22H2,1-4H3,(H,43,48,49). The predicted molar refractivity (Wildman–Crippen MR) is 192 cm³/mol. The van der Waals surface area contributed by atoms with Crippen LogP contribution in [0, 0.1) is 37.3 Å². The minimum atomic E-state index is -0.584. The number of anilines is 2. The van der Waals surface area contributed by atoms with Crippen LogP contribution in [-0.4, -0.2) is 72.9 Å². The monoisotopic (exact) mass is 703 g/mol. The molecular formula is C39H47F2N5O5. The number of imide groups is 1. The number of aryl methyl sites for hydroxylation is 1. The lowest BCUT2D eigenvalue weighted by atomic mass is 9.87. The molecule has 0 aliphatic carbocycles. The fourth-order valence-corrected chi connectivity index (χ4v) is 7.73. The maximum absolute atomic E-state index is 15.6. The molecule has 2 N–H and O–H groups in total. The van der Waals surface area contributed by atoms with Crippen molar-refractivity contribution in [2.24, 2.45) is 18.9 Å². The number of rotatable bonds is 10. The highest BCUT2D eigenvalue weighted by Gasteiger charge is 2.30. The Hall–Kier alpha value is -4.58. The van der Waals surface area contributed by atoms with Crippen molar-refractivity contribution in [3.05, 3.63) is 75.2 Å². The van der Waals surface area contributed by atoms with E-state index in [1.807, 2.05) is 17.9 Å². The van der Waals surface area contributed by atoms with Gasteiger partial charge in [-0.25, -0.2) is 8.78 Å². The Morgan fingerprint density at radius 3 is 2.33 bits per heavy atom. The van der Waals surface area contributed by atoms with Gasteiger partial charge < -0.3 is 19.5 Å². The van der Waals surface area contributed by atoms with Crippen LogP contribution >= 0.6 is 0 Å². The lowest BCUT2D eigenvalue weighted by Crippen LogP contribution is -2.47. The summed E-state index contributed by atoms with van der Waals surface area (Å²) in [7, 11) is 3.25. The summed E-state index contributed by atoms with van der Waals surface area (Å²) >= 11 is 0. The number of carbonyl (C=O) groups is 3. The molecule has 1 unspecified atom stereocenters. The number of nitrogens with one attached hydrogen (secondary N) is 2. The van der Waals surface area contributed by atoms with Gasteiger partial charge in [0.15, 0.2) is 0 Å². The van der Waals surface area contributed by atoms with Gasteiger partial charge in [-0.3, -0.25) is 29.4 Å². The van der Waals surface area contributed by atoms with E-state index >= 15 is 8.78 Å². The van der Waals surface area contributed by atoms with Crippen molar-refractivity contribution in [3.63, 3.8) is 0 Å². The number of benzene rings is 2. The molecule has 51 heavy (non-hydrogen) atoms. The molecule has 6 rings (SSSR count). The molecule has 0 bridgehead atoms. The summed E-state index contributed by atoms with van der Waals surface area (Å²) in [4.78, 5) is 53.3. The number of hydrogen-bond donors (Lipinski definition) is 2. The van der Waals surface area contributed by atoms with Crippen molar-refractivity contribution in [1.82, 2.24) is 14.8 Å². The van der Waals surface area contributed by atoms with Crippen molar-refractivity contribution >= 4 is 29.0 Å². The molecule has 0 spiro atoms. The van der Waals surface area contributed by atoms with Crippen LogP contribution in [0.15, 0.2) is 41.3 Å². The number of nitrogens with zero attached hydrogens (tertiary/aromatic N) is 3. The second kappa shape index (κ2) is 15.3. The van der Waals surface area contributed by atoms with Crippen LogP contribution in [0.3, 0.4) is 0 Å². The van der Waals surface area contributed by atoms with E-state index in [0.717, 1.165) is 37.1 Å². The fourth-order valence-electron chi connectivity index (χ4n) is 7.73. The van der Waals surface area contributed by atoms with Crippen LogP contribution in [0.25, 0.3) is 11.1 Å².